The summed E-state index contributed by atoms with van der Waals surface area (Å²) in [6, 6.07) is 57.3. The van der Waals surface area contributed by atoms with Gasteiger partial charge in [-0.2, -0.15) is 0 Å². The summed E-state index contributed by atoms with van der Waals surface area (Å²) < 4.78 is 6.45. The average molecular weight is 656 g/mol. The van der Waals surface area contributed by atoms with Gasteiger partial charge in [0, 0.05) is 33.0 Å². The molecular formula is C49H37NO. The third-order valence-electron chi connectivity index (χ3n) is 11.2. The van der Waals surface area contributed by atoms with Crippen LogP contribution in [-0.2, 0) is 5.41 Å². The Morgan fingerprint density at radius 1 is 0.588 bits per heavy atom. The number of para-hydroxylation sites is 2. The fraction of sp³-hybridized carbons (Fsp3) is 0.102. The molecule has 0 aliphatic heterocycles. The number of benzene rings is 7. The van der Waals surface area contributed by atoms with Gasteiger partial charge in [-0.05, 0) is 74.9 Å². The van der Waals surface area contributed by atoms with Gasteiger partial charge in [-0.1, -0.05) is 159 Å². The van der Waals surface area contributed by atoms with E-state index in [1.54, 1.807) is 0 Å². The third-order valence-corrected chi connectivity index (χ3v) is 11.2. The predicted octanol–water partition coefficient (Wildman–Crippen LogP) is 13.3. The maximum atomic E-state index is 6.45. The van der Waals surface area contributed by atoms with Crippen LogP contribution in [0.5, 0.6) is 0 Å². The van der Waals surface area contributed by atoms with Gasteiger partial charge in [-0.25, -0.2) is 0 Å². The van der Waals surface area contributed by atoms with E-state index in [9.17, 15) is 0 Å². The number of fused-ring (bicyclic) bond motifs is 7. The fourth-order valence-electron chi connectivity index (χ4n) is 8.74. The van der Waals surface area contributed by atoms with Crippen molar-refractivity contribution in [1.29, 1.82) is 0 Å². The van der Waals surface area contributed by atoms with E-state index in [-0.39, 0.29) is 11.5 Å². The summed E-state index contributed by atoms with van der Waals surface area (Å²) in [6.45, 7) is 4.76. The van der Waals surface area contributed by atoms with Crippen molar-refractivity contribution in [3.05, 3.63) is 187 Å². The zero-order valence-electron chi connectivity index (χ0n) is 28.8. The van der Waals surface area contributed by atoms with E-state index in [1.807, 2.05) is 6.07 Å². The Hall–Kier alpha value is -6.12. The molecule has 0 N–H and O–H groups in total. The molecule has 10 rings (SSSR count). The molecule has 1 aromatic heterocycles. The lowest BCUT2D eigenvalue weighted by Crippen LogP contribution is -2.32. The van der Waals surface area contributed by atoms with Crippen molar-refractivity contribution in [2.24, 2.45) is 0 Å². The van der Waals surface area contributed by atoms with E-state index in [1.165, 1.54) is 49.9 Å². The lowest BCUT2D eigenvalue weighted by molar-refractivity contribution is 0.644. The Kier molecular flexibility index (Phi) is 6.69. The van der Waals surface area contributed by atoms with Gasteiger partial charge < -0.3 is 9.32 Å². The maximum absolute atomic E-state index is 6.45. The number of nitrogens with zero attached hydrogens (tertiary/aromatic N) is 1. The first-order valence-electron chi connectivity index (χ1n) is 18.0. The number of rotatable bonds is 5. The summed E-state index contributed by atoms with van der Waals surface area (Å²) >= 11 is 0. The Morgan fingerprint density at radius 3 is 2.16 bits per heavy atom. The van der Waals surface area contributed by atoms with Crippen LogP contribution in [0.3, 0.4) is 0 Å². The molecule has 1 heterocycles. The quantitative estimate of drug-likeness (QED) is 0.183. The van der Waals surface area contributed by atoms with Gasteiger partial charge in [0.15, 0.2) is 0 Å². The zero-order chi connectivity index (χ0) is 34.1. The summed E-state index contributed by atoms with van der Waals surface area (Å²) in [5.41, 5.74) is 14.5. The molecule has 244 valence electrons. The van der Waals surface area contributed by atoms with Crippen molar-refractivity contribution in [3.8, 4) is 22.3 Å². The lowest BCUT2D eigenvalue weighted by atomic mass is 9.79. The maximum Gasteiger partial charge on any atom is 0.143 e. The van der Waals surface area contributed by atoms with Crippen LogP contribution in [0.2, 0.25) is 0 Å². The molecule has 1 unspecified atom stereocenters. The van der Waals surface area contributed by atoms with E-state index in [0.29, 0.717) is 0 Å². The van der Waals surface area contributed by atoms with Crippen LogP contribution >= 0.6 is 0 Å². The Labute approximate surface area is 298 Å². The number of allylic oxidation sites excluding steroid dienone is 2. The van der Waals surface area contributed by atoms with Gasteiger partial charge in [-0.15, -0.1) is 0 Å². The second-order valence-electron chi connectivity index (χ2n) is 14.4. The van der Waals surface area contributed by atoms with Gasteiger partial charge in [-0.3, -0.25) is 0 Å². The van der Waals surface area contributed by atoms with Crippen LogP contribution in [0.15, 0.2) is 180 Å². The largest absolute Gasteiger partial charge is 0.455 e. The average Bonchev–Trinajstić information content (AvgIpc) is 3.67. The lowest BCUT2D eigenvalue weighted by Gasteiger charge is -2.37. The summed E-state index contributed by atoms with van der Waals surface area (Å²) in [6.07, 6.45) is 5.95. The summed E-state index contributed by atoms with van der Waals surface area (Å²) in [5.74, 6) is 0. The van der Waals surface area contributed by atoms with Crippen molar-refractivity contribution < 1.29 is 4.42 Å². The normalized spacial score (nSPS) is 16.2. The van der Waals surface area contributed by atoms with Crippen LogP contribution in [0.25, 0.3) is 60.5 Å². The van der Waals surface area contributed by atoms with E-state index in [0.717, 1.165) is 45.2 Å². The van der Waals surface area contributed by atoms with Gasteiger partial charge in [0.05, 0.1) is 11.7 Å². The highest BCUT2D eigenvalue weighted by Gasteiger charge is 2.40. The number of hydrogen-bond acceptors (Lipinski definition) is 2. The second kappa shape index (κ2) is 11.5. The van der Waals surface area contributed by atoms with Crippen molar-refractivity contribution in [2.45, 2.75) is 31.7 Å². The molecule has 51 heavy (non-hydrogen) atoms. The first kappa shape index (κ1) is 29.8. The zero-order valence-corrected chi connectivity index (χ0v) is 28.8. The van der Waals surface area contributed by atoms with Crippen molar-refractivity contribution in [2.75, 3.05) is 4.90 Å². The van der Waals surface area contributed by atoms with Gasteiger partial charge >= 0.3 is 0 Å². The molecule has 2 aliphatic carbocycles. The fourth-order valence-corrected chi connectivity index (χ4v) is 8.74. The molecule has 0 spiro atoms. The molecule has 0 radical (unpaired) electrons. The standard InChI is InChI=1S/C49H37NO/c1-49(2)43-21-10-8-17-39(43)40-29-28-36(31-44(40)49)50(45-30-25-32-13-6-7-16-37(32)47(45)34-14-4-3-5-15-34)35-26-23-33(24-27-35)38-19-12-20-42-41-18-9-11-22-46(41)51-48(38)42/h3-27,29-31,36H,28H2,1-2H3. The van der Waals surface area contributed by atoms with Crippen molar-refractivity contribution >= 4 is 49.7 Å². The monoisotopic (exact) mass is 655 g/mol. The highest BCUT2D eigenvalue weighted by atomic mass is 16.3. The molecule has 8 aromatic rings. The predicted molar refractivity (Wildman–Crippen MR) is 215 cm³/mol. The molecule has 0 saturated carbocycles. The van der Waals surface area contributed by atoms with Crippen LogP contribution in [0.1, 0.15) is 31.4 Å². The third kappa shape index (κ3) is 4.63. The Morgan fingerprint density at radius 2 is 1.29 bits per heavy atom. The van der Waals surface area contributed by atoms with E-state index >= 15 is 0 Å². The molecule has 2 heteroatoms. The first-order valence-corrected chi connectivity index (χ1v) is 18.0. The highest BCUT2D eigenvalue weighted by molar-refractivity contribution is 6.10. The van der Waals surface area contributed by atoms with Crippen LogP contribution in [0.4, 0.5) is 11.4 Å². The number of furan rings is 1. The first-order chi connectivity index (χ1) is 25.1. The molecule has 0 fully saturated rings. The van der Waals surface area contributed by atoms with E-state index < -0.39 is 0 Å². The SMILES string of the molecule is CC1(C)C2=CC(N(c3ccc(-c4cccc5c4oc4ccccc45)cc3)c3ccc4ccccc4c3-c3ccccc3)CC=C2c2ccccc21. The van der Waals surface area contributed by atoms with Crippen LogP contribution < -0.4 is 4.90 Å². The minimum atomic E-state index is -0.0759. The number of hydrogen-bond donors (Lipinski definition) is 0. The molecular weight excluding hydrogens is 619 g/mol. The summed E-state index contributed by atoms with van der Waals surface area (Å²) in [4.78, 5) is 2.58. The topological polar surface area (TPSA) is 16.4 Å². The molecule has 7 aromatic carbocycles. The second-order valence-corrected chi connectivity index (χ2v) is 14.4. The Bertz CT molecular complexity index is 2690. The van der Waals surface area contributed by atoms with Crippen molar-refractivity contribution in [1.82, 2.24) is 0 Å². The molecule has 0 amide bonds. The number of anilines is 2. The molecule has 0 saturated heterocycles. The molecule has 2 aliphatic rings. The van der Waals surface area contributed by atoms with Crippen molar-refractivity contribution in [3.63, 3.8) is 0 Å². The van der Waals surface area contributed by atoms with Gasteiger partial charge in [0.25, 0.3) is 0 Å². The molecule has 1 atom stereocenters. The van der Waals surface area contributed by atoms with E-state index in [2.05, 4.69) is 183 Å². The highest BCUT2D eigenvalue weighted by Crippen LogP contribution is 2.53. The van der Waals surface area contributed by atoms with E-state index in [4.69, 9.17) is 4.42 Å². The van der Waals surface area contributed by atoms with Crippen LogP contribution in [0, 0.1) is 0 Å². The van der Waals surface area contributed by atoms with Gasteiger partial charge in [0.2, 0.25) is 0 Å². The minimum Gasteiger partial charge on any atom is -0.455 e. The van der Waals surface area contributed by atoms with Gasteiger partial charge in [0.1, 0.15) is 11.2 Å². The molecule has 2 nitrogen and oxygen atoms in total. The smallest absolute Gasteiger partial charge is 0.143 e. The minimum absolute atomic E-state index is 0.0759. The Balaban J connectivity index is 1.16. The summed E-state index contributed by atoms with van der Waals surface area (Å²) in [5, 5.41) is 4.80. The van der Waals surface area contributed by atoms with Crippen LogP contribution in [-0.4, -0.2) is 6.04 Å². The molecule has 0 bridgehead atoms. The summed E-state index contributed by atoms with van der Waals surface area (Å²) in [7, 11) is 0.